The molecule has 2 aromatic heterocycles. The zero-order chi connectivity index (χ0) is 19.7. The molecule has 0 aliphatic heterocycles. The minimum Gasteiger partial charge on any atom is -0.450 e. The molecule has 0 aliphatic carbocycles. The number of para-hydroxylation sites is 1. The molecule has 4 rings (SSSR count). The summed E-state index contributed by atoms with van der Waals surface area (Å²) in [5.41, 5.74) is 1.99. The van der Waals surface area contributed by atoms with Crippen LogP contribution in [0.2, 0.25) is 0 Å². The molecule has 1 N–H and O–H groups in total. The molecule has 1 atom stereocenters. The van der Waals surface area contributed by atoms with Crippen molar-refractivity contribution in [3.05, 3.63) is 84.3 Å². The van der Waals surface area contributed by atoms with Gasteiger partial charge in [0.15, 0.2) is 11.8 Å². The lowest BCUT2D eigenvalue weighted by molar-refractivity contribution is 0.0311. The quantitative estimate of drug-likeness (QED) is 0.422. The molecule has 4 aromatic rings. The van der Waals surface area contributed by atoms with Gasteiger partial charge in [0.2, 0.25) is 5.78 Å². The summed E-state index contributed by atoms with van der Waals surface area (Å²) in [7, 11) is 0. The maximum atomic E-state index is 13.1. The van der Waals surface area contributed by atoms with Crippen molar-refractivity contribution in [1.82, 2.24) is 14.5 Å². The summed E-state index contributed by atoms with van der Waals surface area (Å²) in [5.74, 6) is -1.38. The van der Waals surface area contributed by atoms with Gasteiger partial charge in [0.05, 0.1) is 12.5 Å². The van der Waals surface area contributed by atoms with E-state index in [2.05, 4.69) is 9.97 Å². The fraction of sp³-hybridized carbons (Fsp3) is 0.0952. The topological polar surface area (TPSA) is 77.0 Å². The van der Waals surface area contributed by atoms with Crippen LogP contribution in [0.25, 0.3) is 16.6 Å². The van der Waals surface area contributed by atoms with Crippen molar-refractivity contribution in [3.63, 3.8) is 0 Å². The number of halogens is 1. The number of carbonyl (C=O) groups is 2. The lowest BCUT2D eigenvalue weighted by Crippen LogP contribution is -2.25. The van der Waals surface area contributed by atoms with Gasteiger partial charge in [0.25, 0.3) is 0 Å². The Morgan fingerprint density at radius 2 is 1.89 bits per heavy atom. The van der Waals surface area contributed by atoms with Crippen LogP contribution in [0, 0.1) is 5.82 Å². The summed E-state index contributed by atoms with van der Waals surface area (Å²) in [6.07, 6.45) is 3.40. The zero-order valence-corrected chi connectivity index (χ0v) is 14.9. The number of ketones is 1. The molecule has 0 aliphatic rings. The van der Waals surface area contributed by atoms with E-state index in [0.717, 1.165) is 10.9 Å². The average molecular weight is 377 g/mol. The number of ether oxygens (including phenoxy) is 1. The smallest absolute Gasteiger partial charge is 0.357 e. The average Bonchev–Trinajstić information content (AvgIpc) is 3.35. The van der Waals surface area contributed by atoms with Crippen LogP contribution in [0.1, 0.15) is 27.8 Å². The van der Waals surface area contributed by atoms with Crippen molar-refractivity contribution in [2.45, 2.75) is 13.0 Å². The van der Waals surface area contributed by atoms with Crippen LogP contribution < -0.4 is 0 Å². The molecule has 0 saturated heterocycles. The van der Waals surface area contributed by atoms with E-state index in [0.29, 0.717) is 11.3 Å². The van der Waals surface area contributed by atoms with Gasteiger partial charge >= 0.3 is 5.97 Å². The van der Waals surface area contributed by atoms with Crippen molar-refractivity contribution < 1.29 is 18.7 Å². The molecule has 0 fully saturated rings. The Kier molecular flexibility index (Phi) is 4.49. The number of H-pyrrole nitrogens is 1. The maximum Gasteiger partial charge on any atom is 0.357 e. The maximum absolute atomic E-state index is 13.1. The number of benzene rings is 2. The highest BCUT2D eigenvalue weighted by atomic mass is 19.1. The van der Waals surface area contributed by atoms with E-state index in [1.54, 1.807) is 6.20 Å². The van der Waals surface area contributed by atoms with E-state index < -0.39 is 12.1 Å². The first-order valence-electron chi connectivity index (χ1n) is 8.64. The van der Waals surface area contributed by atoms with Crippen LogP contribution >= 0.6 is 0 Å². The largest absolute Gasteiger partial charge is 0.450 e. The van der Waals surface area contributed by atoms with Gasteiger partial charge in [0.1, 0.15) is 5.82 Å². The number of imidazole rings is 1. The minimum atomic E-state index is -0.983. The standard InChI is InChI=1S/C21H16FN3O3/c1-13(20(26)17-10-24-18-5-3-2-4-16(17)18)28-21(27)19-11-23-12-25(19)15-8-6-14(22)7-9-15/h2-13,24H,1H3/t13-/m0/s1. The SMILES string of the molecule is C[C@H](OC(=O)c1cncn1-c1ccc(F)cc1)C(=O)c1c[nH]c2ccccc12. The summed E-state index contributed by atoms with van der Waals surface area (Å²) in [6, 6.07) is 13.0. The molecule has 0 radical (unpaired) electrons. The third-order valence-corrected chi connectivity index (χ3v) is 4.46. The molecule has 0 amide bonds. The summed E-state index contributed by atoms with van der Waals surface area (Å²) in [4.78, 5) is 32.4. The van der Waals surface area contributed by atoms with Gasteiger partial charge in [-0.3, -0.25) is 9.36 Å². The first-order valence-corrected chi connectivity index (χ1v) is 8.64. The molecule has 2 aromatic carbocycles. The Morgan fingerprint density at radius 1 is 1.14 bits per heavy atom. The number of nitrogens with zero attached hydrogens (tertiary/aromatic N) is 2. The van der Waals surface area contributed by atoms with Gasteiger partial charge < -0.3 is 9.72 Å². The number of aromatic nitrogens is 3. The van der Waals surface area contributed by atoms with E-state index in [1.165, 1.54) is 48.3 Å². The molecule has 28 heavy (non-hydrogen) atoms. The molecular weight excluding hydrogens is 361 g/mol. The number of hydrogen-bond acceptors (Lipinski definition) is 4. The monoisotopic (exact) mass is 377 g/mol. The van der Waals surface area contributed by atoms with Gasteiger partial charge in [-0.2, -0.15) is 0 Å². The van der Waals surface area contributed by atoms with Crippen molar-refractivity contribution in [2.24, 2.45) is 0 Å². The second kappa shape index (κ2) is 7.11. The van der Waals surface area contributed by atoms with Crippen LogP contribution in [0.15, 0.2) is 67.3 Å². The molecule has 0 unspecified atom stereocenters. The summed E-state index contributed by atoms with van der Waals surface area (Å²) < 4.78 is 20.0. The fourth-order valence-corrected chi connectivity index (χ4v) is 3.02. The van der Waals surface area contributed by atoms with Crippen LogP contribution in [-0.2, 0) is 4.74 Å². The van der Waals surface area contributed by atoms with Gasteiger partial charge in [-0.05, 0) is 37.3 Å². The van der Waals surface area contributed by atoms with Crippen LogP contribution in [0.4, 0.5) is 4.39 Å². The predicted octanol–water partition coefficient (Wildman–Crippen LogP) is 3.92. The van der Waals surface area contributed by atoms with E-state index >= 15 is 0 Å². The Labute approximate surface area is 159 Å². The first kappa shape index (κ1) is 17.7. The normalized spacial score (nSPS) is 12.1. The van der Waals surface area contributed by atoms with Gasteiger partial charge in [-0.1, -0.05) is 18.2 Å². The molecule has 6 nitrogen and oxygen atoms in total. The first-order chi connectivity index (χ1) is 13.5. The van der Waals surface area contributed by atoms with E-state index in [1.807, 2.05) is 24.3 Å². The number of hydrogen-bond donors (Lipinski definition) is 1. The number of aromatic amines is 1. The summed E-state index contributed by atoms with van der Waals surface area (Å²) in [6.45, 7) is 1.53. The molecule has 0 saturated carbocycles. The van der Waals surface area contributed by atoms with E-state index in [9.17, 15) is 14.0 Å². The van der Waals surface area contributed by atoms with E-state index in [4.69, 9.17) is 4.74 Å². The highest BCUT2D eigenvalue weighted by Gasteiger charge is 2.24. The van der Waals surface area contributed by atoms with Crippen molar-refractivity contribution in [3.8, 4) is 5.69 Å². The predicted molar refractivity (Wildman–Crippen MR) is 101 cm³/mol. The van der Waals surface area contributed by atoms with Crippen LogP contribution in [-0.4, -0.2) is 32.4 Å². The minimum absolute atomic E-state index is 0.144. The second-order valence-electron chi connectivity index (χ2n) is 6.29. The zero-order valence-electron chi connectivity index (χ0n) is 14.9. The molecule has 2 heterocycles. The van der Waals surface area contributed by atoms with Crippen LogP contribution in [0.3, 0.4) is 0 Å². The van der Waals surface area contributed by atoms with Gasteiger partial charge in [-0.15, -0.1) is 0 Å². The number of rotatable bonds is 5. The Morgan fingerprint density at radius 3 is 2.68 bits per heavy atom. The second-order valence-corrected chi connectivity index (χ2v) is 6.29. The Bertz CT molecular complexity index is 1160. The highest BCUT2D eigenvalue weighted by molar-refractivity contribution is 6.10. The fourth-order valence-electron chi connectivity index (χ4n) is 3.02. The Hall–Kier alpha value is -3.74. The third kappa shape index (κ3) is 3.18. The Balaban J connectivity index is 1.55. The lowest BCUT2D eigenvalue weighted by Gasteiger charge is -2.13. The molecule has 7 heteroatoms. The molecule has 0 bridgehead atoms. The third-order valence-electron chi connectivity index (χ3n) is 4.46. The summed E-state index contributed by atoms with van der Waals surface area (Å²) >= 11 is 0. The number of fused-ring (bicyclic) bond motifs is 1. The number of Topliss-reactive ketones (excluding diaryl/α,β-unsaturated/α-hetero) is 1. The number of esters is 1. The van der Waals surface area contributed by atoms with Gasteiger partial charge in [-0.25, -0.2) is 14.2 Å². The molecule has 140 valence electrons. The molecular formula is C21H16FN3O3. The van der Waals surface area contributed by atoms with Crippen LogP contribution in [0.5, 0.6) is 0 Å². The van der Waals surface area contributed by atoms with Crippen molar-refractivity contribution in [1.29, 1.82) is 0 Å². The van der Waals surface area contributed by atoms with Crippen molar-refractivity contribution >= 4 is 22.7 Å². The molecule has 0 spiro atoms. The van der Waals surface area contributed by atoms with Crippen molar-refractivity contribution in [2.75, 3.05) is 0 Å². The van der Waals surface area contributed by atoms with E-state index in [-0.39, 0.29) is 17.3 Å². The number of carbonyl (C=O) groups excluding carboxylic acids is 2. The lowest BCUT2D eigenvalue weighted by atomic mass is 10.1. The van der Waals surface area contributed by atoms with Gasteiger partial charge in [0, 0.05) is 28.4 Å². The summed E-state index contributed by atoms with van der Waals surface area (Å²) in [5, 5.41) is 0.770. The highest BCUT2D eigenvalue weighted by Crippen LogP contribution is 2.21. The number of nitrogens with one attached hydrogen (secondary N) is 1.